The lowest BCUT2D eigenvalue weighted by Crippen LogP contribution is -2.37. The molecule has 180 valence electrons. The van der Waals surface area contributed by atoms with Crippen molar-refractivity contribution in [1.29, 1.82) is 0 Å². The molecule has 0 spiro atoms. The number of hydrogen-bond acceptors (Lipinski definition) is 6. The zero-order valence-corrected chi connectivity index (χ0v) is 21.3. The number of rotatable bonds is 8. The molecule has 1 saturated heterocycles. The minimum atomic E-state index is -0.0410. The number of morpholine rings is 1. The zero-order chi connectivity index (χ0) is 24.2. The maximum atomic E-state index is 13.3. The van der Waals surface area contributed by atoms with Crippen molar-refractivity contribution in [3.05, 3.63) is 68.5 Å². The van der Waals surface area contributed by atoms with Crippen LogP contribution in [0.1, 0.15) is 39.0 Å². The third-order valence-electron chi connectivity index (χ3n) is 6.90. The van der Waals surface area contributed by atoms with Gasteiger partial charge in [0.25, 0.3) is 5.56 Å². The highest BCUT2D eigenvalue weighted by Gasteiger charge is 2.18. The highest BCUT2D eigenvalue weighted by atomic mass is 32.2. The number of carbonyl (C=O) groups is 1. The molecule has 1 aliphatic heterocycles. The maximum Gasteiger partial charge on any atom is 0.262 e. The van der Waals surface area contributed by atoms with E-state index in [0.29, 0.717) is 22.6 Å². The zero-order valence-electron chi connectivity index (χ0n) is 20.5. The van der Waals surface area contributed by atoms with E-state index in [1.807, 2.05) is 44.2 Å². The van der Waals surface area contributed by atoms with Crippen LogP contribution in [0.25, 0.3) is 10.9 Å². The number of hydrogen-bond donors (Lipinski definition) is 0. The summed E-state index contributed by atoms with van der Waals surface area (Å²) >= 11 is 1.36. The molecule has 0 unspecified atom stereocenters. The number of ketones is 1. The average Bonchev–Trinajstić information content (AvgIpc) is 2.85. The summed E-state index contributed by atoms with van der Waals surface area (Å²) in [5.41, 5.74) is 5.94. The fourth-order valence-electron chi connectivity index (χ4n) is 4.44. The molecule has 0 N–H and O–H groups in total. The molecule has 0 amide bonds. The number of Topliss-reactive ketones (excluding diaryl/α,β-unsaturated/α-hetero) is 1. The first-order valence-corrected chi connectivity index (χ1v) is 12.9. The van der Waals surface area contributed by atoms with Crippen LogP contribution in [0.4, 0.5) is 0 Å². The van der Waals surface area contributed by atoms with Crippen LogP contribution >= 0.6 is 11.8 Å². The van der Waals surface area contributed by atoms with Gasteiger partial charge in [-0.25, -0.2) is 4.98 Å². The molecule has 1 fully saturated rings. The molecule has 7 heteroatoms. The third-order valence-corrected chi connectivity index (χ3v) is 7.88. The lowest BCUT2D eigenvalue weighted by molar-refractivity contribution is 0.0368. The predicted octanol–water partition coefficient (Wildman–Crippen LogP) is 4.33. The quantitative estimate of drug-likeness (QED) is 0.272. The van der Waals surface area contributed by atoms with Gasteiger partial charge in [-0.3, -0.25) is 19.1 Å². The molecule has 2 heterocycles. The molecule has 1 aliphatic rings. The predicted molar refractivity (Wildman–Crippen MR) is 138 cm³/mol. The Morgan fingerprint density at radius 2 is 1.76 bits per heavy atom. The Labute approximate surface area is 205 Å². The van der Waals surface area contributed by atoms with Crippen LogP contribution in [0.3, 0.4) is 0 Å². The van der Waals surface area contributed by atoms with Crippen molar-refractivity contribution in [1.82, 2.24) is 14.5 Å². The second-order valence-electron chi connectivity index (χ2n) is 9.00. The largest absolute Gasteiger partial charge is 0.379 e. The van der Waals surface area contributed by atoms with Crippen LogP contribution in [-0.4, -0.2) is 58.8 Å². The number of para-hydroxylation sites is 1. The summed E-state index contributed by atoms with van der Waals surface area (Å²) in [5.74, 6) is 0.313. The minimum absolute atomic E-state index is 0.0410. The van der Waals surface area contributed by atoms with Gasteiger partial charge in [0.15, 0.2) is 10.9 Å². The molecular formula is C27H33N3O3S. The summed E-state index contributed by atoms with van der Waals surface area (Å²) < 4.78 is 7.18. The first-order valence-electron chi connectivity index (χ1n) is 11.9. The fraction of sp³-hybridized carbons (Fsp3) is 0.444. The topological polar surface area (TPSA) is 64.4 Å². The SMILES string of the molecule is Cc1cc(C(=O)CSc2nc3ccccc3c(=O)n2CCCN2CCOCC2)c(C)c(C)c1C. The van der Waals surface area contributed by atoms with Crippen LogP contribution in [0.5, 0.6) is 0 Å². The lowest BCUT2D eigenvalue weighted by atomic mass is 9.93. The van der Waals surface area contributed by atoms with Crippen molar-refractivity contribution in [3.63, 3.8) is 0 Å². The number of fused-ring (bicyclic) bond motifs is 1. The van der Waals surface area contributed by atoms with Crippen molar-refractivity contribution < 1.29 is 9.53 Å². The van der Waals surface area contributed by atoms with Gasteiger partial charge in [0, 0.05) is 31.7 Å². The molecule has 2 aromatic carbocycles. The number of aromatic nitrogens is 2. The molecule has 0 atom stereocenters. The molecule has 3 aromatic rings. The number of ether oxygens (including phenoxy) is 1. The van der Waals surface area contributed by atoms with Crippen LogP contribution in [0.2, 0.25) is 0 Å². The van der Waals surface area contributed by atoms with Gasteiger partial charge in [-0.2, -0.15) is 0 Å². The standard InChI is InChI=1S/C27H33N3O3S/c1-18-16-23(21(4)20(3)19(18)2)25(31)17-34-27-28-24-9-6-5-8-22(24)26(32)30(27)11-7-10-29-12-14-33-15-13-29/h5-6,8-9,16H,7,10-15,17H2,1-4H3. The highest BCUT2D eigenvalue weighted by Crippen LogP contribution is 2.25. The molecule has 0 bridgehead atoms. The van der Waals surface area contributed by atoms with Gasteiger partial charge in [0.1, 0.15) is 0 Å². The van der Waals surface area contributed by atoms with Gasteiger partial charge < -0.3 is 4.74 Å². The summed E-state index contributed by atoms with van der Waals surface area (Å²) in [7, 11) is 0. The summed E-state index contributed by atoms with van der Waals surface area (Å²) in [5, 5.41) is 1.22. The monoisotopic (exact) mass is 479 g/mol. The van der Waals surface area contributed by atoms with Gasteiger partial charge in [-0.05, 0) is 74.6 Å². The number of aryl methyl sites for hydroxylation is 1. The molecule has 0 saturated carbocycles. The molecule has 4 rings (SSSR count). The molecule has 6 nitrogen and oxygen atoms in total. The third kappa shape index (κ3) is 5.27. The Morgan fingerprint density at radius 1 is 1.03 bits per heavy atom. The fourth-order valence-corrected chi connectivity index (χ4v) is 5.35. The Kier molecular flexibility index (Phi) is 7.86. The summed E-state index contributed by atoms with van der Waals surface area (Å²) in [6.07, 6.45) is 0.844. The lowest BCUT2D eigenvalue weighted by Gasteiger charge is -2.26. The Bertz CT molecular complexity index is 1260. The molecule has 0 aliphatic carbocycles. The Balaban J connectivity index is 1.56. The highest BCUT2D eigenvalue weighted by molar-refractivity contribution is 7.99. The van der Waals surface area contributed by atoms with Gasteiger partial charge >= 0.3 is 0 Å². The van der Waals surface area contributed by atoms with Gasteiger partial charge in [-0.1, -0.05) is 23.9 Å². The average molecular weight is 480 g/mol. The van der Waals surface area contributed by atoms with E-state index in [9.17, 15) is 9.59 Å². The van der Waals surface area contributed by atoms with Crippen molar-refractivity contribution >= 4 is 28.4 Å². The second-order valence-corrected chi connectivity index (χ2v) is 9.95. The number of carbonyl (C=O) groups excluding carboxylic acids is 1. The van der Waals surface area contributed by atoms with Gasteiger partial charge in [0.05, 0.1) is 29.9 Å². The molecular weight excluding hydrogens is 446 g/mol. The van der Waals surface area contributed by atoms with Crippen LogP contribution in [0.15, 0.2) is 40.3 Å². The summed E-state index contributed by atoms with van der Waals surface area (Å²) in [6.45, 7) is 13.1. The van der Waals surface area contributed by atoms with Gasteiger partial charge in [-0.15, -0.1) is 0 Å². The van der Waals surface area contributed by atoms with E-state index in [0.717, 1.165) is 61.5 Å². The number of benzene rings is 2. The van der Waals surface area contributed by atoms with Crippen molar-refractivity contribution in [3.8, 4) is 0 Å². The van der Waals surface area contributed by atoms with E-state index in [-0.39, 0.29) is 17.1 Å². The minimum Gasteiger partial charge on any atom is -0.379 e. The molecule has 34 heavy (non-hydrogen) atoms. The second kappa shape index (κ2) is 10.8. The first-order chi connectivity index (χ1) is 16.4. The maximum absolute atomic E-state index is 13.3. The normalized spacial score (nSPS) is 14.6. The Morgan fingerprint density at radius 3 is 2.53 bits per heavy atom. The van der Waals surface area contributed by atoms with E-state index in [1.54, 1.807) is 4.57 Å². The smallest absolute Gasteiger partial charge is 0.262 e. The molecule has 1 aromatic heterocycles. The van der Waals surface area contributed by atoms with Crippen molar-refractivity contribution in [2.45, 2.75) is 45.8 Å². The van der Waals surface area contributed by atoms with E-state index in [2.05, 4.69) is 18.7 Å². The molecule has 0 radical (unpaired) electrons. The van der Waals surface area contributed by atoms with Crippen LogP contribution in [-0.2, 0) is 11.3 Å². The van der Waals surface area contributed by atoms with E-state index in [1.165, 1.54) is 17.3 Å². The van der Waals surface area contributed by atoms with Gasteiger partial charge in [0.2, 0.25) is 0 Å². The van der Waals surface area contributed by atoms with E-state index in [4.69, 9.17) is 9.72 Å². The van der Waals surface area contributed by atoms with Crippen molar-refractivity contribution in [2.24, 2.45) is 0 Å². The summed E-state index contributed by atoms with van der Waals surface area (Å²) in [6, 6.07) is 9.42. The van der Waals surface area contributed by atoms with Crippen molar-refractivity contribution in [2.75, 3.05) is 38.6 Å². The van der Waals surface area contributed by atoms with Crippen LogP contribution < -0.4 is 5.56 Å². The van der Waals surface area contributed by atoms with E-state index < -0.39 is 0 Å². The number of thioether (sulfide) groups is 1. The Hall–Kier alpha value is -2.48. The first kappa shape index (κ1) is 24.6. The van der Waals surface area contributed by atoms with Crippen LogP contribution in [0, 0.1) is 27.7 Å². The van der Waals surface area contributed by atoms with E-state index >= 15 is 0 Å². The summed E-state index contributed by atoms with van der Waals surface area (Å²) in [4.78, 5) is 33.6. The number of nitrogens with zero attached hydrogens (tertiary/aromatic N) is 3.